The molecule has 168 valence electrons. The van der Waals surface area contributed by atoms with E-state index in [0.29, 0.717) is 28.1 Å². The van der Waals surface area contributed by atoms with Gasteiger partial charge in [0.25, 0.3) is 11.6 Å². The predicted octanol–water partition coefficient (Wildman–Crippen LogP) is 4.43. The molecule has 2 aromatic carbocycles. The van der Waals surface area contributed by atoms with E-state index in [0.717, 1.165) is 25.9 Å². The van der Waals surface area contributed by atoms with Crippen molar-refractivity contribution in [2.75, 3.05) is 25.5 Å². The Morgan fingerprint density at radius 3 is 2.56 bits per heavy atom. The summed E-state index contributed by atoms with van der Waals surface area (Å²) in [5.74, 6) is 0.118. The fraction of sp³-hybridized carbons (Fsp3) is 0.417. The second-order valence-electron chi connectivity index (χ2n) is 8.82. The maximum atomic E-state index is 13.0. The molecule has 3 rings (SSSR count). The molecular weight excluding hydrogens is 408 g/mol. The molecule has 8 heteroatoms. The van der Waals surface area contributed by atoms with Gasteiger partial charge in [-0.3, -0.25) is 14.9 Å². The Labute approximate surface area is 187 Å². The number of anilines is 1. The van der Waals surface area contributed by atoms with Gasteiger partial charge in [-0.2, -0.15) is 5.26 Å². The highest BCUT2D eigenvalue weighted by Crippen LogP contribution is 2.30. The Balaban J connectivity index is 1.89. The molecule has 0 bridgehead atoms. The third-order valence-electron chi connectivity index (χ3n) is 5.80. The maximum absolute atomic E-state index is 13.0. The molecular formula is C24H28N4O4. The van der Waals surface area contributed by atoms with Crippen LogP contribution in [0.5, 0.6) is 5.75 Å². The summed E-state index contributed by atoms with van der Waals surface area (Å²) < 4.78 is 6.19. The summed E-state index contributed by atoms with van der Waals surface area (Å²) in [4.78, 5) is 26.0. The number of ether oxygens (including phenoxy) is 1. The van der Waals surface area contributed by atoms with Crippen LogP contribution in [0.2, 0.25) is 0 Å². The predicted molar refractivity (Wildman–Crippen MR) is 122 cm³/mol. The van der Waals surface area contributed by atoms with Crippen LogP contribution in [0.25, 0.3) is 0 Å². The summed E-state index contributed by atoms with van der Waals surface area (Å²) in [6, 6.07) is 12.0. The fourth-order valence-electron chi connectivity index (χ4n) is 3.61. The van der Waals surface area contributed by atoms with Crippen LogP contribution in [0.1, 0.15) is 48.2 Å². The van der Waals surface area contributed by atoms with E-state index in [1.54, 1.807) is 45.0 Å². The Hall–Kier alpha value is -3.44. The van der Waals surface area contributed by atoms with Gasteiger partial charge in [0.1, 0.15) is 11.9 Å². The maximum Gasteiger partial charge on any atom is 0.274 e. The summed E-state index contributed by atoms with van der Waals surface area (Å²) in [5.41, 5.74) is 0.967. The number of nitrogens with one attached hydrogen (secondary N) is 1. The van der Waals surface area contributed by atoms with E-state index in [2.05, 4.69) is 23.3 Å². The first-order valence-corrected chi connectivity index (χ1v) is 10.6. The van der Waals surface area contributed by atoms with Crippen LogP contribution >= 0.6 is 0 Å². The van der Waals surface area contributed by atoms with E-state index in [1.165, 1.54) is 6.07 Å². The zero-order valence-electron chi connectivity index (χ0n) is 18.8. The topological polar surface area (TPSA) is 108 Å². The highest BCUT2D eigenvalue weighted by Gasteiger charge is 2.25. The average Bonchev–Trinajstić information content (AvgIpc) is 2.76. The standard InChI is InChI=1S/C24H28N4O4/c1-16-5-6-19(14-22(16)28(30)31)26-23(29)17-11-18(24(2,3)15-25)13-21(12-17)32-20-7-9-27(4)10-8-20/h5-6,11-14,20H,7-10H2,1-4H3,(H,26,29). The molecule has 1 heterocycles. The van der Waals surface area contributed by atoms with Crippen LogP contribution in [0.15, 0.2) is 36.4 Å². The van der Waals surface area contributed by atoms with Crippen LogP contribution in [0.4, 0.5) is 11.4 Å². The highest BCUT2D eigenvalue weighted by atomic mass is 16.6. The zero-order chi connectivity index (χ0) is 23.5. The van der Waals surface area contributed by atoms with Crippen molar-refractivity contribution < 1.29 is 14.5 Å². The first kappa shape index (κ1) is 23.2. The van der Waals surface area contributed by atoms with E-state index in [-0.39, 0.29) is 11.8 Å². The second-order valence-corrected chi connectivity index (χ2v) is 8.82. The normalized spacial score (nSPS) is 15.1. The third kappa shape index (κ3) is 5.42. The third-order valence-corrected chi connectivity index (χ3v) is 5.80. The van der Waals surface area contributed by atoms with E-state index >= 15 is 0 Å². The van der Waals surface area contributed by atoms with Crippen molar-refractivity contribution in [1.29, 1.82) is 5.26 Å². The molecule has 1 aliphatic rings. The number of piperidine rings is 1. The fourth-order valence-corrected chi connectivity index (χ4v) is 3.61. The molecule has 1 amide bonds. The molecule has 1 saturated heterocycles. The number of benzene rings is 2. The number of aryl methyl sites for hydroxylation is 1. The number of carbonyl (C=O) groups is 1. The van der Waals surface area contributed by atoms with Gasteiger partial charge < -0.3 is 15.0 Å². The largest absolute Gasteiger partial charge is 0.490 e. The smallest absolute Gasteiger partial charge is 0.274 e. The van der Waals surface area contributed by atoms with Crippen molar-refractivity contribution >= 4 is 17.3 Å². The molecule has 0 saturated carbocycles. The van der Waals surface area contributed by atoms with E-state index in [9.17, 15) is 20.2 Å². The summed E-state index contributed by atoms with van der Waals surface area (Å²) in [6.45, 7) is 7.09. The first-order chi connectivity index (χ1) is 15.1. The van der Waals surface area contributed by atoms with Gasteiger partial charge in [-0.05, 0) is 70.5 Å². The molecule has 0 unspecified atom stereocenters. The van der Waals surface area contributed by atoms with Gasteiger partial charge in [0.05, 0.1) is 16.4 Å². The Morgan fingerprint density at radius 1 is 1.25 bits per heavy atom. The van der Waals surface area contributed by atoms with Crippen molar-refractivity contribution in [3.63, 3.8) is 0 Å². The van der Waals surface area contributed by atoms with E-state index in [4.69, 9.17) is 4.74 Å². The molecule has 0 aliphatic carbocycles. The molecule has 1 N–H and O–H groups in total. The Kier molecular flexibility index (Phi) is 6.80. The lowest BCUT2D eigenvalue weighted by Gasteiger charge is -2.30. The van der Waals surface area contributed by atoms with Crippen molar-refractivity contribution in [2.24, 2.45) is 0 Å². The number of rotatable bonds is 6. The number of nitriles is 1. The minimum atomic E-state index is -0.816. The molecule has 8 nitrogen and oxygen atoms in total. The lowest BCUT2D eigenvalue weighted by Crippen LogP contribution is -2.35. The van der Waals surface area contributed by atoms with Crippen molar-refractivity contribution in [2.45, 2.75) is 45.1 Å². The van der Waals surface area contributed by atoms with Crippen LogP contribution < -0.4 is 10.1 Å². The Morgan fingerprint density at radius 2 is 1.94 bits per heavy atom. The quantitative estimate of drug-likeness (QED) is 0.530. The second kappa shape index (κ2) is 9.37. The number of nitro groups is 1. The number of hydrogen-bond donors (Lipinski definition) is 1. The van der Waals surface area contributed by atoms with Crippen LogP contribution in [-0.4, -0.2) is 42.0 Å². The van der Waals surface area contributed by atoms with Crippen molar-refractivity contribution in [1.82, 2.24) is 4.90 Å². The van der Waals surface area contributed by atoms with E-state index < -0.39 is 16.2 Å². The van der Waals surface area contributed by atoms with Gasteiger partial charge >= 0.3 is 0 Å². The highest BCUT2D eigenvalue weighted by molar-refractivity contribution is 6.04. The van der Waals surface area contributed by atoms with Gasteiger partial charge in [0, 0.05) is 36.0 Å². The van der Waals surface area contributed by atoms with E-state index in [1.807, 2.05) is 6.07 Å². The molecule has 0 spiro atoms. The lowest BCUT2D eigenvalue weighted by atomic mass is 9.85. The summed E-state index contributed by atoms with van der Waals surface area (Å²) in [5, 5.41) is 23.5. The van der Waals surface area contributed by atoms with Gasteiger partial charge in [-0.1, -0.05) is 6.07 Å². The van der Waals surface area contributed by atoms with Gasteiger partial charge in [-0.15, -0.1) is 0 Å². The van der Waals surface area contributed by atoms with Crippen molar-refractivity contribution in [3.05, 3.63) is 63.2 Å². The molecule has 0 radical (unpaired) electrons. The minimum Gasteiger partial charge on any atom is -0.490 e. The monoisotopic (exact) mass is 436 g/mol. The molecule has 0 atom stereocenters. The number of likely N-dealkylation sites (tertiary alicyclic amines) is 1. The zero-order valence-corrected chi connectivity index (χ0v) is 18.8. The van der Waals surface area contributed by atoms with Gasteiger partial charge in [0.2, 0.25) is 0 Å². The molecule has 0 aromatic heterocycles. The molecule has 2 aromatic rings. The van der Waals surface area contributed by atoms with Crippen LogP contribution in [0.3, 0.4) is 0 Å². The summed E-state index contributed by atoms with van der Waals surface area (Å²) >= 11 is 0. The number of nitrogens with zero attached hydrogens (tertiary/aromatic N) is 3. The number of hydrogen-bond acceptors (Lipinski definition) is 6. The van der Waals surface area contributed by atoms with Crippen molar-refractivity contribution in [3.8, 4) is 11.8 Å². The number of carbonyl (C=O) groups excluding carboxylic acids is 1. The summed E-state index contributed by atoms with van der Waals surface area (Å²) in [6.07, 6.45) is 1.82. The van der Waals surface area contributed by atoms with Crippen LogP contribution in [-0.2, 0) is 5.41 Å². The lowest BCUT2D eigenvalue weighted by molar-refractivity contribution is -0.385. The minimum absolute atomic E-state index is 0.0438. The SMILES string of the molecule is Cc1ccc(NC(=O)c2cc(OC3CCN(C)CC3)cc(C(C)(C)C#N)c2)cc1[N+](=O)[O-]. The molecule has 1 fully saturated rings. The molecule has 1 aliphatic heterocycles. The van der Waals surface area contributed by atoms with Gasteiger partial charge in [-0.25, -0.2) is 0 Å². The number of nitro benzene ring substituents is 1. The summed E-state index contributed by atoms with van der Waals surface area (Å²) in [7, 11) is 2.07. The van der Waals surface area contributed by atoms with Crippen LogP contribution in [0, 0.1) is 28.4 Å². The number of amides is 1. The first-order valence-electron chi connectivity index (χ1n) is 10.6. The average molecular weight is 437 g/mol. The Bertz CT molecular complexity index is 1070. The molecule has 32 heavy (non-hydrogen) atoms. The van der Waals surface area contributed by atoms with Gasteiger partial charge in [0.15, 0.2) is 0 Å².